The number of benzene rings is 2. The summed E-state index contributed by atoms with van der Waals surface area (Å²) < 4.78 is 0.875. The number of nitrogens with zero attached hydrogens (tertiary/aromatic N) is 4. The third-order valence-corrected chi connectivity index (χ3v) is 7.42. The number of rotatable bonds is 6. The molecule has 1 aromatic heterocycles. The predicted octanol–water partition coefficient (Wildman–Crippen LogP) is 2.69. The summed E-state index contributed by atoms with van der Waals surface area (Å²) in [7, 11) is 1.72. The summed E-state index contributed by atoms with van der Waals surface area (Å²) in [5, 5.41) is 4.76. The lowest BCUT2D eigenvalue weighted by Crippen LogP contribution is -2.52. The number of hydrogen-bond acceptors (Lipinski definition) is 8. The highest BCUT2D eigenvalue weighted by atomic mass is 32.2. The first-order valence-corrected chi connectivity index (χ1v) is 12.4. The summed E-state index contributed by atoms with van der Waals surface area (Å²) in [4.78, 5) is 45.2. The van der Waals surface area contributed by atoms with Crippen molar-refractivity contribution in [2.45, 2.75) is 9.10 Å². The van der Waals surface area contributed by atoms with Crippen LogP contribution in [0.5, 0.6) is 0 Å². The smallest absolute Gasteiger partial charge is 0.314 e. The number of thiazole rings is 1. The summed E-state index contributed by atoms with van der Waals surface area (Å²) in [6.07, 6.45) is 1.69. The highest BCUT2D eigenvalue weighted by Gasteiger charge is 2.24. The number of nitrogens with one attached hydrogen (secondary N) is 1. The third-order valence-electron chi connectivity index (χ3n) is 5.42. The third kappa shape index (κ3) is 6.10. The molecule has 0 atom stereocenters. The van der Waals surface area contributed by atoms with Crippen LogP contribution in [0, 0.1) is 0 Å². The summed E-state index contributed by atoms with van der Waals surface area (Å²) >= 11 is 2.82. The van der Waals surface area contributed by atoms with Crippen molar-refractivity contribution in [1.82, 2.24) is 14.8 Å². The molecule has 2 aromatic carbocycles. The first-order chi connectivity index (χ1) is 16.8. The average Bonchev–Trinajstić information content (AvgIpc) is 3.30. The summed E-state index contributed by atoms with van der Waals surface area (Å²) in [5.41, 5.74) is 7.19. The van der Waals surface area contributed by atoms with Gasteiger partial charge in [-0.05, 0) is 42.5 Å². The zero-order valence-electron chi connectivity index (χ0n) is 19.0. The molecule has 182 valence electrons. The zero-order chi connectivity index (χ0) is 24.9. The van der Waals surface area contributed by atoms with Gasteiger partial charge in [0.25, 0.3) is 11.8 Å². The average molecular weight is 512 g/mol. The molecular formula is C23H25N7O3S2. The second kappa shape index (κ2) is 10.8. The molecule has 4 amide bonds. The number of carbonyl (C=O) groups is 3. The molecule has 0 spiro atoms. The maximum atomic E-state index is 12.9. The number of anilines is 2. The van der Waals surface area contributed by atoms with E-state index in [4.69, 9.17) is 11.6 Å². The summed E-state index contributed by atoms with van der Waals surface area (Å²) in [5.74, 6) is 5.35. The summed E-state index contributed by atoms with van der Waals surface area (Å²) in [6.45, 7) is 1.75. The van der Waals surface area contributed by atoms with Crippen LogP contribution in [0.4, 0.5) is 15.6 Å². The zero-order valence-corrected chi connectivity index (χ0v) is 20.6. The van der Waals surface area contributed by atoms with E-state index >= 15 is 0 Å². The fourth-order valence-corrected chi connectivity index (χ4v) is 5.41. The molecular weight excluding hydrogens is 486 g/mol. The van der Waals surface area contributed by atoms with Crippen LogP contribution in [0.1, 0.15) is 20.7 Å². The van der Waals surface area contributed by atoms with E-state index in [0.29, 0.717) is 42.4 Å². The van der Waals surface area contributed by atoms with Crippen LogP contribution in [0.25, 0.3) is 0 Å². The lowest BCUT2D eigenvalue weighted by atomic mass is 10.2. The van der Waals surface area contributed by atoms with Crippen molar-refractivity contribution in [2.24, 2.45) is 11.6 Å². The molecule has 4 rings (SSSR count). The molecule has 3 aromatic rings. The Labute approximate surface area is 210 Å². The van der Waals surface area contributed by atoms with Crippen LogP contribution >= 0.6 is 23.1 Å². The number of urea groups is 1. The van der Waals surface area contributed by atoms with Gasteiger partial charge < -0.3 is 20.5 Å². The van der Waals surface area contributed by atoms with Gasteiger partial charge in [0.1, 0.15) is 0 Å². The van der Waals surface area contributed by atoms with Crippen LogP contribution in [0.2, 0.25) is 0 Å². The van der Waals surface area contributed by atoms with E-state index in [1.165, 1.54) is 33.0 Å². The maximum absolute atomic E-state index is 12.9. The molecule has 12 heteroatoms. The molecule has 1 aliphatic rings. The molecule has 1 aliphatic heterocycles. The van der Waals surface area contributed by atoms with E-state index in [1.54, 1.807) is 48.5 Å². The molecule has 0 unspecified atom stereocenters. The van der Waals surface area contributed by atoms with Crippen molar-refractivity contribution in [3.05, 3.63) is 65.9 Å². The monoisotopic (exact) mass is 511 g/mol. The second-order valence-electron chi connectivity index (χ2n) is 7.84. The molecule has 0 saturated carbocycles. The van der Waals surface area contributed by atoms with Gasteiger partial charge in [-0.25, -0.2) is 15.6 Å². The van der Waals surface area contributed by atoms with Crippen LogP contribution in [0.15, 0.2) is 63.8 Å². The topological polar surface area (TPSA) is 138 Å². The van der Waals surface area contributed by atoms with Crippen molar-refractivity contribution >= 4 is 51.8 Å². The fourth-order valence-electron chi connectivity index (χ4n) is 3.50. The first kappa shape index (κ1) is 24.5. The number of primary amides is 1. The van der Waals surface area contributed by atoms with Gasteiger partial charge in [0, 0.05) is 49.2 Å². The van der Waals surface area contributed by atoms with Gasteiger partial charge in [-0.15, -0.1) is 0 Å². The van der Waals surface area contributed by atoms with E-state index in [-0.39, 0.29) is 11.8 Å². The van der Waals surface area contributed by atoms with Crippen molar-refractivity contribution in [3.63, 3.8) is 0 Å². The molecule has 0 aliphatic carbocycles. The van der Waals surface area contributed by atoms with Gasteiger partial charge in [0.05, 0.1) is 16.1 Å². The minimum absolute atomic E-state index is 0.0827. The van der Waals surface area contributed by atoms with Crippen LogP contribution < -0.4 is 21.9 Å². The second-order valence-corrected chi connectivity index (χ2v) is 10.2. The Hall–Kier alpha value is -3.61. The van der Waals surface area contributed by atoms with Crippen molar-refractivity contribution in [2.75, 3.05) is 43.6 Å². The predicted molar refractivity (Wildman–Crippen MR) is 137 cm³/mol. The number of aromatic nitrogens is 1. The van der Waals surface area contributed by atoms with E-state index in [1.807, 2.05) is 18.2 Å². The van der Waals surface area contributed by atoms with Gasteiger partial charge >= 0.3 is 6.03 Å². The Morgan fingerprint density at radius 3 is 2.37 bits per heavy atom. The first-order valence-electron chi connectivity index (χ1n) is 10.8. The number of hydrogen-bond donors (Lipinski definition) is 3. The SMILES string of the molecule is CN(N)c1ccc(C(=O)Nc2ncc(Sc3cccc(C(=O)N4CCN(C(N)=O)CC4)c3)s2)cc1. The molecule has 1 fully saturated rings. The summed E-state index contributed by atoms with van der Waals surface area (Å²) in [6, 6.07) is 13.8. The van der Waals surface area contributed by atoms with E-state index in [0.717, 1.165) is 14.8 Å². The Morgan fingerprint density at radius 2 is 1.71 bits per heavy atom. The number of carbonyl (C=O) groups excluding carboxylic acids is 3. The highest BCUT2D eigenvalue weighted by molar-refractivity contribution is 8.01. The minimum Gasteiger partial charge on any atom is -0.351 e. The van der Waals surface area contributed by atoms with Crippen LogP contribution in [-0.2, 0) is 0 Å². The Morgan fingerprint density at radius 1 is 1.03 bits per heavy atom. The molecule has 2 heterocycles. The number of piperazine rings is 1. The van der Waals surface area contributed by atoms with Gasteiger partial charge in [0.15, 0.2) is 5.13 Å². The molecule has 35 heavy (non-hydrogen) atoms. The normalized spacial score (nSPS) is 13.4. The minimum atomic E-state index is -0.465. The van der Waals surface area contributed by atoms with Gasteiger partial charge in [-0.2, -0.15) is 0 Å². The van der Waals surface area contributed by atoms with E-state index in [9.17, 15) is 14.4 Å². The largest absolute Gasteiger partial charge is 0.351 e. The molecule has 0 radical (unpaired) electrons. The van der Waals surface area contributed by atoms with E-state index in [2.05, 4.69) is 10.3 Å². The van der Waals surface area contributed by atoms with Crippen molar-refractivity contribution in [1.29, 1.82) is 0 Å². The van der Waals surface area contributed by atoms with Crippen molar-refractivity contribution < 1.29 is 14.4 Å². The Balaban J connectivity index is 1.36. The lowest BCUT2D eigenvalue weighted by molar-refractivity contribution is 0.0669. The standard InChI is InChI=1S/C23H25N7O3S2/c1-28(25)17-7-5-15(6-8-17)20(31)27-23-26-14-19(35-23)34-18-4-2-3-16(13-18)21(32)29-9-11-30(12-10-29)22(24)33/h2-8,13-14H,9-12,25H2,1H3,(H2,24,33)(H,26,27,31). The van der Waals surface area contributed by atoms with Gasteiger partial charge in [-0.3, -0.25) is 14.9 Å². The molecule has 5 N–H and O–H groups in total. The Bertz CT molecular complexity index is 1220. The highest BCUT2D eigenvalue weighted by Crippen LogP contribution is 2.34. The number of hydrazine groups is 1. The van der Waals surface area contributed by atoms with Crippen molar-refractivity contribution in [3.8, 4) is 0 Å². The lowest BCUT2D eigenvalue weighted by Gasteiger charge is -2.33. The van der Waals surface area contributed by atoms with E-state index < -0.39 is 6.03 Å². The Kier molecular flexibility index (Phi) is 7.54. The number of nitrogens with two attached hydrogens (primary N) is 2. The quantitative estimate of drug-likeness (QED) is 0.342. The van der Waals surface area contributed by atoms with Crippen LogP contribution in [0.3, 0.4) is 0 Å². The van der Waals surface area contributed by atoms with Gasteiger partial charge in [0.2, 0.25) is 0 Å². The van der Waals surface area contributed by atoms with Gasteiger partial charge in [-0.1, -0.05) is 29.2 Å². The molecule has 1 saturated heterocycles. The van der Waals surface area contributed by atoms with Crippen LogP contribution in [-0.4, -0.2) is 65.9 Å². The molecule has 0 bridgehead atoms. The molecule has 10 nitrogen and oxygen atoms in total. The number of amides is 4. The maximum Gasteiger partial charge on any atom is 0.314 e. The fraction of sp³-hybridized carbons (Fsp3) is 0.217.